The molecule has 0 fully saturated rings. The predicted molar refractivity (Wildman–Crippen MR) is 221 cm³/mol. The van der Waals surface area contributed by atoms with Crippen LogP contribution in [0.1, 0.15) is 0 Å². The van der Waals surface area contributed by atoms with E-state index in [1.165, 1.54) is 37.9 Å². The van der Waals surface area contributed by atoms with Gasteiger partial charge in [-0.05, 0) is 55.6 Å². The largest absolute Gasteiger partial charge is 0.254 e. The molecule has 8 aromatic carbocycles. The number of fused-ring (bicyclic) bond motifs is 3. The third kappa shape index (κ3) is 4.98. The van der Waals surface area contributed by atoms with Crippen molar-refractivity contribution >= 4 is 54.1 Å². The van der Waals surface area contributed by atoms with Gasteiger partial charge in [0.05, 0.1) is 16.7 Å². The molecule has 0 aliphatic heterocycles. The molecule has 5 heteroatoms. The summed E-state index contributed by atoms with van der Waals surface area (Å²) < 4.78 is 0. The summed E-state index contributed by atoms with van der Waals surface area (Å²) in [4.78, 5) is 24.7. The topological polar surface area (TPSA) is 64.5 Å². The van der Waals surface area contributed by atoms with Crippen molar-refractivity contribution in [3.8, 4) is 56.5 Å². The highest BCUT2D eigenvalue weighted by Gasteiger charge is 2.15. The first-order chi connectivity index (χ1) is 26.7. The Bertz CT molecular complexity index is 3180. The van der Waals surface area contributed by atoms with E-state index in [4.69, 9.17) is 19.9 Å². The summed E-state index contributed by atoms with van der Waals surface area (Å²) in [7, 11) is 0. The number of rotatable bonds is 5. The van der Waals surface area contributed by atoms with Crippen LogP contribution >= 0.6 is 0 Å². The first kappa shape index (κ1) is 30.3. The van der Waals surface area contributed by atoms with Crippen molar-refractivity contribution in [2.24, 2.45) is 0 Å². The second-order valence-corrected chi connectivity index (χ2v) is 13.7. The van der Waals surface area contributed by atoms with Gasteiger partial charge in [0.15, 0.2) is 17.5 Å². The van der Waals surface area contributed by atoms with Gasteiger partial charge in [0.2, 0.25) is 0 Å². The van der Waals surface area contributed by atoms with Gasteiger partial charge < -0.3 is 0 Å². The van der Waals surface area contributed by atoms with Gasteiger partial charge in [-0.3, -0.25) is 4.98 Å². The summed E-state index contributed by atoms with van der Waals surface area (Å²) in [6.45, 7) is 0. The Morgan fingerprint density at radius 1 is 0.296 bits per heavy atom. The highest BCUT2D eigenvalue weighted by Crippen LogP contribution is 2.39. The predicted octanol–water partition coefficient (Wildman–Crippen LogP) is 12.2. The SMILES string of the molecule is c1ccc(-c2nc(-c3ccc(-c4ccc5ccc6cccnc6c5n4)cc3)nc(-c3ccc(-c4ccc5ccc6cccc7ccc4c5c67)cc3)n2)cc1. The minimum absolute atomic E-state index is 0.614. The van der Waals surface area contributed by atoms with Crippen LogP contribution in [0, 0.1) is 0 Å². The first-order valence-corrected chi connectivity index (χ1v) is 18.1. The van der Waals surface area contributed by atoms with Crippen LogP contribution in [0.25, 0.3) is 111 Å². The minimum atomic E-state index is 0.614. The molecule has 0 radical (unpaired) electrons. The molecule has 0 atom stereocenters. The molecule has 250 valence electrons. The summed E-state index contributed by atoms with van der Waals surface area (Å²) in [6, 6.07) is 59.3. The molecule has 11 rings (SSSR count). The highest BCUT2D eigenvalue weighted by atomic mass is 15.0. The lowest BCUT2D eigenvalue weighted by Gasteiger charge is -2.14. The quantitative estimate of drug-likeness (QED) is 0.169. The fourth-order valence-electron chi connectivity index (χ4n) is 7.81. The van der Waals surface area contributed by atoms with E-state index in [0.29, 0.717) is 17.5 Å². The van der Waals surface area contributed by atoms with E-state index in [1.54, 1.807) is 0 Å². The average molecular weight is 688 g/mol. The van der Waals surface area contributed by atoms with Crippen LogP contribution in [0.5, 0.6) is 0 Å². The Morgan fingerprint density at radius 3 is 1.52 bits per heavy atom. The van der Waals surface area contributed by atoms with Gasteiger partial charge in [-0.1, -0.05) is 158 Å². The molecule has 0 saturated heterocycles. The van der Waals surface area contributed by atoms with E-state index in [-0.39, 0.29) is 0 Å². The van der Waals surface area contributed by atoms with Gasteiger partial charge in [-0.25, -0.2) is 19.9 Å². The van der Waals surface area contributed by atoms with Crippen molar-refractivity contribution in [1.82, 2.24) is 24.9 Å². The molecule has 0 N–H and O–H groups in total. The average Bonchev–Trinajstić information content (AvgIpc) is 3.25. The van der Waals surface area contributed by atoms with Crippen molar-refractivity contribution in [3.05, 3.63) is 176 Å². The summed E-state index contributed by atoms with van der Waals surface area (Å²) in [6.07, 6.45) is 1.82. The van der Waals surface area contributed by atoms with E-state index in [2.05, 4.69) is 138 Å². The second kappa shape index (κ2) is 12.1. The van der Waals surface area contributed by atoms with Crippen LogP contribution in [0.4, 0.5) is 0 Å². The second-order valence-electron chi connectivity index (χ2n) is 13.7. The number of pyridine rings is 2. The van der Waals surface area contributed by atoms with Crippen LogP contribution in [-0.2, 0) is 0 Å². The van der Waals surface area contributed by atoms with Gasteiger partial charge in [-0.2, -0.15) is 0 Å². The molecular weight excluding hydrogens is 659 g/mol. The molecule has 54 heavy (non-hydrogen) atoms. The van der Waals surface area contributed by atoms with Crippen LogP contribution in [0.2, 0.25) is 0 Å². The zero-order valence-corrected chi connectivity index (χ0v) is 29.0. The van der Waals surface area contributed by atoms with Crippen molar-refractivity contribution in [1.29, 1.82) is 0 Å². The Hall–Kier alpha value is -7.37. The fraction of sp³-hybridized carbons (Fsp3) is 0. The lowest BCUT2D eigenvalue weighted by molar-refractivity contribution is 1.07. The van der Waals surface area contributed by atoms with E-state index >= 15 is 0 Å². The van der Waals surface area contributed by atoms with Gasteiger partial charge in [0.25, 0.3) is 0 Å². The molecular formula is C49H29N5. The molecule has 0 aliphatic carbocycles. The van der Waals surface area contributed by atoms with Crippen LogP contribution < -0.4 is 0 Å². The van der Waals surface area contributed by atoms with Gasteiger partial charge in [0.1, 0.15) is 0 Å². The molecule has 11 aromatic rings. The maximum Gasteiger partial charge on any atom is 0.164 e. The Kier molecular flexibility index (Phi) is 6.79. The molecule has 0 aliphatic rings. The van der Waals surface area contributed by atoms with Crippen LogP contribution in [0.3, 0.4) is 0 Å². The fourth-order valence-corrected chi connectivity index (χ4v) is 7.81. The number of hydrogen-bond donors (Lipinski definition) is 0. The molecule has 0 amide bonds. The molecule has 0 spiro atoms. The zero-order valence-electron chi connectivity index (χ0n) is 29.0. The monoisotopic (exact) mass is 687 g/mol. The summed E-state index contributed by atoms with van der Waals surface area (Å²) in [5, 5.41) is 9.83. The number of benzene rings is 8. The zero-order chi connectivity index (χ0) is 35.6. The van der Waals surface area contributed by atoms with Crippen molar-refractivity contribution in [3.63, 3.8) is 0 Å². The molecule has 3 aromatic heterocycles. The number of nitrogens with zero attached hydrogens (tertiary/aromatic N) is 5. The summed E-state index contributed by atoms with van der Waals surface area (Å²) in [5.41, 5.74) is 8.82. The van der Waals surface area contributed by atoms with E-state index in [9.17, 15) is 0 Å². The van der Waals surface area contributed by atoms with Crippen LogP contribution in [-0.4, -0.2) is 24.9 Å². The van der Waals surface area contributed by atoms with E-state index in [1.807, 2.05) is 42.6 Å². The van der Waals surface area contributed by atoms with Crippen molar-refractivity contribution < 1.29 is 0 Å². The molecule has 0 unspecified atom stereocenters. The maximum absolute atomic E-state index is 5.05. The normalized spacial score (nSPS) is 11.7. The molecule has 5 nitrogen and oxygen atoms in total. The third-order valence-corrected chi connectivity index (χ3v) is 10.5. The third-order valence-electron chi connectivity index (χ3n) is 10.5. The Labute approximate surface area is 310 Å². The van der Waals surface area contributed by atoms with Crippen LogP contribution in [0.15, 0.2) is 176 Å². The Balaban J connectivity index is 0.976. The molecule has 0 saturated carbocycles. The standard InChI is InChI=1S/C49H29N5/c1-2-6-37(7-3-1)47-52-48(38-19-11-30(12-20-38)40-26-23-34-16-15-32-8-4-9-33-24-27-41(40)44(34)43(32)33)54-49(53-47)39-21-13-31(14-22-39)42-28-25-36-18-17-35-10-5-29-50-45(35)46(36)51-42/h1-29H. The van der Waals surface area contributed by atoms with E-state index < -0.39 is 0 Å². The molecule has 0 bridgehead atoms. The number of hydrogen-bond acceptors (Lipinski definition) is 5. The van der Waals surface area contributed by atoms with Crippen molar-refractivity contribution in [2.75, 3.05) is 0 Å². The Morgan fingerprint density at radius 2 is 0.815 bits per heavy atom. The van der Waals surface area contributed by atoms with Crippen molar-refractivity contribution in [2.45, 2.75) is 0 Å². The van der Waals surface area contributed by atoms with Gasteiger partial charge in [-0.15, -0.1) is 0 Å². The van der Waals surface area contributed by atoms with E-state index in [0.717, 1.165) is 55.3 Å². The first-order valence-electron chi connectivity index (χ1n) is 18.1. The van der Waals surface area contributed by atoms with Gasteiger partial charge >= 0.3 is 0 Å². The number of aromatic nitrogens is 5. The maximum atomic E-state index is 5.05. The molecule has 3 heterocycles. The summed E-state index contributed by atoms with van der Waals surface area (Å²) >= 11 is 0. The van der Waals surface area contributed by atoms with Gasteiger partial charge in [0, 0.05) is 39.2 Å². The highest BCUT2D eigenvalue weighted by molar-refractivity contribution is 6.25. The lowest BCUT2D eigenvalue weighted by atomic mass is 9.90. The lowest BCUT2D eigenvalue weighted by Crippen LogP contribution is -2.00. The smallest absolute Gasteiger partial charge is 0.164 e. The minimum Gasteiger partial charge on any atom is -0.254 e. The summed E-state index contributed by atoms with van der Waals surface area (Å²) in [5.74, 6) is 1.87.